The second-order valence-electron chi connectivity index (χ2n) is 7.41. The molecule has 0 bridgehead atoms. The Morgan fingerprint density at radius 3 is 2.38 bits per heavy atom. The number of aromatic amines is 1. The molecule has 32 heavy (non-hydrogen) atoms. The zero-order chi connectivity index (χ0) is 22.5. The molecule has 0 fully saturated rings. The molecule has 160 valence electrons. The number of anilines is 1. The van der Waals surface area contributed by atoms with Crippen molar-refractivity contribution in [3.05, 3.63) is 107 Å². The van der Waals surface area contributed by atoms with Crippen molar-refractivity contribution in [2.75, 3.05) is 4.90 Å². The second-order valence-corrected chi connectivity index (χ2v) is 7.41. The predicted octanol–water partition coefficient (Wildman–Crippen LogP) is 5.98. The highest BCUT2D eigenvalue weighted by Gasteiger charge is 2.43. The number of nitrogens with zero attached hydrogens (tertiary/aromatic N) is 2. The normalized spacial score (nSPS) is 15.8. The number of H-pyrrole nitrogens is 1. The van der Waals surface area contributed by atoms with Crippen molar-refractivity contribution in [2.45, 2.75) is 12.2 Å². The van der Waals surface area contributed by atoms with E-state index in [0.29, 0.717) is 16.8 Å². The summed E-state index contributed by atoms with van der Waals surface area (Å²) < 4.78 is 54.1. The van der Waals surface area contributed by atoms with Gasteiger partial charge in [-0.3, -0.25) is 14.8 Å². The van der Waals surface area contributed by atoms with E-state index in [1.54, 1.807) is 6.07 Å². The van der Waals surface area contributed by atoms with Crippen molar-refractivity contribution in [1.82, 2.24) is 10.2 Å². The van der Waals surface area contributed by atoms with E-state index in [2.05, 4.69) is 10.2 Å². The van der Waals surface area contributed by atoms with Gasteiger partial charge in [-0.15, -0.1) is 0 Å². The lowest BCUT2D eigenvalue weighted by molar-refractivity contribution is -0.137. The number of fused-ring (bicyclic) bond motifs is 1. The lowest BCUT2D eigenvalue weighted by Crippen LogP contribution is -2.29. The van der Waals surface area contributed by atoms with E-state index in [0.717, 1.165) is 17.7 Å². The fourth-order valence-corrected chi connectivity index (χ4v) is 4.05. The largest absolute Gasteiger partial charge is 0.416 e. The summed E-state index contributed by atoms with van der Waals surface area (Å²) in [4.78, 5) is 14.6. The lowest BCUT2D eigenvalue weighted by Gasteiger charge is -2.27. The Morgan fingerprint density at radius 2 is 1.66 bits per heavy atom. The topological polar surface area (TPSA) is 49.0 Å². The fraction of sp³-hybridized carbons (Fsp3) is 0.0833. The van der Waals surface area contributed by atoms with Crippen molar-refractivity contribution in [3.63, 3.8) is 0 Å². The second kappa shape index (κ2) is 7.33. The van der Waals surface area contributed by atoms with Gasteiger partial charge in [0, 0.05) is 16.8 Å². The van der Waals surface area contributed by atoms with Crippen LogP contribution < -0.4 is 4.90 Å². The zero-order valence-corrected chi connectivity index (χ0v) is 16.4. The molecular formula is C24H15F4N3O. The number of hydrogen-bond donors (Lipinski definition) is 1. The third-order valence-electron chi connectivity index (χ3n) is 5.43. The van der Waals surface area contributed by atoms with Crippen molar-refractivity contribution >= 4 is 11.6 Å². The molecule has 0 aliphatic carbocycles. The molecule has 1 atom stereocenters. The lowest BCUT2D eigenvalue weighted by atomic mass is 9.95. The molecule has 2 heterocycles. The highest BCUT2D eigenvalue weighted by molar-refractivity contribution is 6.11. The summed E-state index contributed by atoms with van der Waals surface area (Å²) in [6, 6.07) is 18.5. The van der Waals surface area contributed by atoms with Crippen LogP contribution in [0.15, 0.2) is 78.9 Å². The van der Waals surface area contributed by atoms with E-state index in [-0.39, 0.29) is 11.4 Å². The SMILES string of the molecule is O=C1c2[nH]nc(-c3ccccc3)c2C(c2cccc(F)c2)N1c1cccc(C(F)(F)F)c1. The molecule has 1 aliphatic heterocycles. The van der Waals surface area contributed by atoms with E-state index < -0.39 is 29.5 Å². The van der Waals surface area contributed by atoms with Gasteiger partial charge in [0.1, 0.15) is 11.5 Å². The molecule has 1 N–H and O–H groups in total. The predicted molar refractivity (Wildman–Crippen MR) is 111 cm³/mol. The number of alkyl halides is 3. The Balaban J connectivity index is 1.73. The standard InChI is InChI=1S/C24H15F4N3O/c25-17-10-4-8-15(12-17)22-19-20(14-6-2-1-3-7-14)29-30-21(19)23(32)31(22)18-11-5-9-16(13-18)24(26,27)28/h1-13,22H,(H,29,30). The van der Waals surface area contributed by atoms with Crippen LogP contribution in [0.25, 0.3) is 11.3 Å². The van der Waals surface area contributed by atoms with Crippen LogP contribution in [-0.4, -0.2) is 16.1 Å². The molecule has 1 amide bonds. The van der Waals surface area contributed by atoms with Crippen LogP contribution in [0.2, 0.25) is 0 Å². The van der Waals surface area contributed by atoms with E-state index in [9.17, 15) is 22.4 Å². The number of aromatic nitrogens is 2. The fourth-order valence-electron chi connectivity index (χ4n) is 4.05. The molecule has 0 saturated carbocycles. The summed E-state index contributed by atoms with van der Waals surface area (Å²) in [7, 11) is 0. The number of rotatable bonds is 3. The maximum Gasteiger partial charge on any atom is 0.416 e. The molecule has 1 unspecified atom stereocenters. The molecule has 3 aromatic carbocycles. The first-order chi connectivity index (χ1) is 15.3. The molecule has 1 aromatic heterocycles. The minimum Gasteiger partial charge on any atom is -0.295 e. The van der Waals surface area contributed by atoms with Crippen molar-refractivity contribution in [2.24, 2.45) is 0 Å². The molecular weight excluding hydrogens is 422 g/mol. The molecule has 8 heteroatoms. The minimum absolute atomic E-state index is 0.0581. The highest BCUT2D eigenvalue weighted by atomic mass is 19.4. The van der Waals surface area contributed by atoms with Crippen LogP contribution in [0.4, 0.5) is 23.2 Å². The summed E-state index contributed by atoms with van der Waals surface area (Å²) in [6.45, 7) is 0. The minimum atomic E-state index is -4.57. The van der Waals surface area contributed by atoms with Gasteiger partial charge in [0.2, 0.25) is 0 Å². The third-order valence-corrected chi connectivity index (χ3v) is 5.43. The summed E-state index contributed by atoms with van der Waals surface area (Å²) in [5.74, 6) is -1.06. The maximum atomic E-state index is 14.1. The quantitative estimate of drug-likeness (QED) is 0.401. The number of nitrogens with one attached hydrogen (secondary N) is 1. The molecule has 0 saturated heterocycles. The summed E-state index contributed by atoms with van der Waals surface area (Å²) in [5.41, 5.74) is 1.47. The summed E-state index contributed by atoms with van der Waals surface area (Å²) >= 11 is 0. The van der Waals surface area contributed by atoms with Gasteiger partial charge >= 0.3 is 6.18 Å². The van der Waals surface area contributed by atoms with Gasteiger partial charge in [-0.2, -0.15) is 18.3 Å². The van der Waals surface area contributed by atoms with E-state index in [4.69, 9.17) is 0 Å². The van der Waals surface area contributed by atoms with Gasteiger partial charge in [-0.1, -0.05) is 48.5 Å². The van der Waals surface area contributed by atoms with Gasteiger partial charge in [0.15, 0.2) is 0 Å². The Morgan fingerprint density at radius 1 is 0.906 bits per heavy atom. The van der Waals surface area contributed by atoms with Gasteiger partial charge in [-0.05, 0) is 35.9 Å². The Labute approximate surface area is 180 Å². The highest BCUT2D eigenvalue weighted by Crippen LogP contribution is 2.45. The first-order valence-electron chi connectivity index (χ1n) is 9.74. The van der Waals surface area contributed by atoms with Gasteiger partial charge < -0.3 is 0 Å². The van der Waals surface area contributed by atoms with E-state index in [1.165, 1.54) is 35.2 Å². The molecule has 4 nitrogen and oxygen atoms in total. The van der Waals surface area contributed by atoms with Crippen LogP contribution in [0.5, 0.6) is 0 Å². The molecule has 0 radical (unpaired) electrons. The first-order valence-corrected chi connectivity index (χ1v) is 9.74. The van der Waals surface area contributed by atoms with Gasteiger partial charge in [0.25, 0.3) is 5.91 Å². The third kappa shape index (κ3) is 3.24. The molecule has 4 aromatic rings. The number of hydrogen-bond acceptors (Lipinski definition) is 2. The average Bonchev–Trinajstić information content (AvgIpc) is 3.33. The van der Waals surface area contributed by atoms with Gasteiger partial charge in [-0.25, -0.2) is 4.39 Å². The number of amides is 1. The van der Waals surface area contributed by atoms with Crippen molar-refractivity contribution in [3.8, 4) is 11.3 Å². The molecule has 5 rings (SSSR count). The number of carbonyl (C=O) groups excluding carboxylic acids is 1. The van der Waals surface area contributed by atoms with Crippen LogP contribution >= 0.6 is 0 Å². The smallest absolute Gasteiger partial charge is 0.295 e. The number of carbonyl (C=O) groups is 1. The van der Waals surface area contributed by atoms with E-state index >= 15 is 0 Å². The first kappa shape index (κ1) is 20.0. The van der Waals surface area contributed by atoms with Crippen LogP contribution in [0, 0.1) is 5.82 Å². The average molecular weight is 437 g/mol. The zero-order valence-electron chi connectivity index (χ0n) is 16.4. The van der Waals surface area contributed by atoms with Crippen molar-refractivity contribution in [1.29, 1.82) is 0 Å². The monoisotopic (exact) mass is 437 g/mol. The Kier molecular flexibility index (Phi) is 4.58. The van der Waals surface area contributed by atoms with Crippen LogP contribution in [0.3, 0.4) is 0 Å². The summed E-state index contributed by atoms with van der Waals surface area (Å²) in [5, 5.41) is 7.03. The summed E-state index contributed by atoms with van der Waals surface area (Å²) in [6.07, 6.45) is -4.57. The Hall–Kier alpha value is -3.94. The molecule has 0 spiro atoms. The van der Waals surface area contributed by atoms with Crippen LogP contribution in [0.1, 0.15) is 33.2 Å². The number of benzene rings is 3. The number of halogens is 4. The van der Waals surface area contributed by atoms with Crippen LogP contribution in [-0.2, 0) is 6.18 Å². The van der Waals surface area contributed by atoms with Crippen molar-refractivity contribution < 1.29 is 22.4 Å². The van der Waals surface area contributed by atoms with E-state index in [1.807, 2.05) is 30.3 Å². The maximum absolute atomic E-state index is 14.1. The Bertz CT molecular complexity index is 1310. The molecule has 1 aliphatic rings. The van der Waals surface area contributed by atoms with Gasteiger partial charge in [0.05, 0.1) is 17.3 Å².